The van der Waals surface area contributed by atoms with Gasteiger partial charge >= 0.3 is 0 Å². The Hall–Kier alpha value is -3.02. The lowest BCUT2D eigenvalue weighted by atomic mass is 9.91. The van der Waals surface area contributed by atoms with Crippen molar-refractivity contribution in [2.45, 2.75) is 43.6 Å². The largest absolute Gasteiger partial charge is 0.332 e. The molecule has 1 N–H and O–H groups in total. The van der Waals surface area contributed by atoms with Crippen molar-refractivity contribution in [1.82, 2.24) is 25.1 Å². The van der Waals surface area contributed by atoms with Crippen LogP contribution in [0.4, 0.5) is 0 Å². The highest BCUT2D eigenvalue weighted by Gasteiger charge is 2.54. The average molecular weight is 373 g/mol. The summed E-state index contributed by atoms with van der Waals surface area (Å²) in [5.41, 5.74) is 1.72. The van der Waals surface area contributed by atoms with Crippen LogP contribution in [0.15, 0.2) is 54.9 Å². The van der Waals surface area contributed by atoms with E-state index < -0.39 is 0 Å². The smallest absolute Gasteiger partial charge is 0.233 e. The van der Waals surface area contributed by atoms with Gasteiger partial charge in [0.25, 0.3) is 0 Å². The van der Waals surface area contributed by atoms with E-state index in [1.807, 2.05) is 35.2 Å². The molecule has 0 radical (unpaired) electrons. The summed E-state index contributed by atoms with van der Waals surface area (Å²) in [7, 11) is 0. The van der Waals surface area contributed by atoms with Gasteiger partial charge in [0.1, 0.15) is 5.82 Å². The Balaban J connectivity index is 1.43. The Kier molecular flexibility index (Phi) is 4.19. The number of rotatable bonds is 4. The summed E-state index contributed by atoms with van der Waals surface area (Å²) in [5.74, 6) is 1.67. The van der Waals surface area contributed by atoms with E-state index in [4.69, 9.17) is 4.98 Å². The molecular formula is C22H23N5O. The molecule has 1 amide bonds. The minimum Gasteiger partial charge on any atom is -0.332 e. The number of likely N-dealkylation sites (tertiary alicyclic amines) is 1. The summed E-state index contributed by atoms with van der Waals surface area (Å²) in [5, 5.41) is 7.48. The van der Waals surface area contributed by atoms with Gasteiger partial charge in [-0.2, -0.15) is 5.10 Å². The predicted molar refractivity (Wildman–Crippen MR) is 105 cm³/mol. The molecule has 1 aliphatic carbocycles. The van der Waals surface area contributed by atoms with Gasteiger partial charge in [0.15, 0.2) is 5.82 Å². The highest BCUT2D eigenvalue weighted by molar-refractivity contribution is 5.91. The van der Waals surface area contributed by atoms with Gasteiger partial charge in [0, 0.05) is 24.5 Å². The minimum absolute atomic E-state index is 0.0366. The zero-order chi connectivity index (χ0) is 19.0. The van der Waals surface area contributed by atoms with Crippen molar-refractivity contribution in [3.8, 4) is 11.4 Å². The lowest BCUT2D eigenvalue weighted by molar-refractivity contribution is -0.138. The van der Waals surface area contributed by atoms with E-state index >= 15 is 0 Å². The molecule has 1 unspecified atom stereocenters. The third-order valence-electron chi connectivity index (χ3n) is 6.01. The molecule has 2 aromatic heterocycles. The Labute approximate surface area is 164 Å². The van der Waals surface area contributed by atoms with Crippen LogP contribution in [0, 0.1) is 0 Å². The number of amides is 1. The molecule has 0 spiro atoms. The zero-order valence-electron chi connectivity index (χ0n) is 15.7. The molecule has 5 rings (SSSR count). The molecule has 3 aromatic rings. The lowest BCUT2D eigenvalue weighted by Crippen LogP contribution is -2.44. The molecule has 0 bridgehead atoms. The number of aromatic amines is 1. The fourth-order valence-electron chi connectivity index (χ4n) is 4.30. The summed E-state index contributed by atoms with van der Waals surface area (Å²) in [6.07, 6.45) is 8.38. The summed E-state index contributed by atoms with van der Waals surface area (Å²) in [6, 6.07) is 14.0. The van der Waals surface area contributed by atoms with Crippen LogP contribution in [-0.4, -0.2) is 37.5 Å². The van der Waals surface area contributed by atoms with Gasteiger partial charge < -0.3 is 4.90 Å². The fraction of sp³-hybridized carbons (Fsp3) is 0.364. The van der Waals surface area contributed by atoms with E-state index in [1.54, 1.807) is 12.4 Å². The lowest BCUT2D eigenvalue weighted by Gasteiger charge is -2.37. The van der Waals surface area contributed by atoms with Crippen LogP contribution in [0.1, 0.15) is 49.5 Å². The number of aromatic nitrogens is 4. The van der Waals surface area contributed by atoms with Gasteiger partial charge in [-0.05, 0) is 49.8 Å². The number of benzene rings is 1. The van der Waals surface area contributed by atoms with Crippen molar-refractivity contribution in [1.29, 1.82) is 0 Å². The van der Waals surface area contributed by atoms with E-state index in [1.165, 1.54) is 0 Å². The van der Waals surface area contributed by atoms with Gasteiger partial charge in [0.05, 0.1) is 11.5 Å². The summed E-state index contributed by atoms with van der Waals surface area (Å²) in [4.78, 5) is 24.4. The highest BCUT2D eigenvalue weighted by Crippen LogP contribution is 2.51. The molecule has 1 saturated carbocycles. The maximum absolute atomic E-state index is 13.6. The maximum Gasteiger partial charge on any atom is 0.233 e. The van der Waals surface area contributed by atoms with Gasteiger partial charge in [-0.25, -0.2) is 4.98 Å². The van der Waals surface area contributed by atoms with Crippen molar-refractivity contribution in [3.05, 3.63) is 66.2 Å². The van der Waals surface area contributed by atoms with Crippen LogP contribution in [-0.2, 0) is 10.2 Å². The van der Waals surface area contributed by atoms with Crippen molar-refractivity contribution in [2.24, 2.45) is 0 Å². The molecule has 1 aliphatic heterocycles. The van der Waals surface area contributed by atoms with Crippen molar-refractivity contribution >= 4 is 5.91 Å². The van der Waals surface area contributed by atoms with Crippen LogP contribution in [0.25, 0.3) is 11.4 Å². The number of hydrogen-bond acceptors (Lipinski definition) is 4. The molecule has 6 heteroatoms. The highest BCUT2D eigenvalue weighted by atomic mass is 16.2. The molecule has 3 heterocycles. The van der Waals surface area contributed by atoms with Crippen LogP contribution >= 0.6 is 0 Å². The first kappa shape index (κ1) is 17.1. The second-order valence-electron chi connectivity index (χ2n) is 7.74. The second-order valence-corrected chi connectivity index (χ2v) is 7.74. The summed E-state index contributed by atoms with van der Waals surface area (Å²) < 4.78 is 0. The molecule has 142 valence electrons. The number of pyridine rings is 1. The van der Waals surface area contributed by atoms with E-state index in [0.29, 0.717) is 5.82 Å². The van der Waals surface area contributed by atoms with Gasteiger partial charge in [-0.1, -0.05) is 30.3 Å². The fourth-order valence-corrected chi connectivity index (χ4v) is 4.30. The van der Waals surface area contributed by atoms with Crippen LogP contribution in [0.5, 0.6) is 0 Å². The molecule has 6 nitrogen and oxygen atoms in total. The number of hydrogen-bond donors (Lipinski definition) is 1. The van der Waals surface area contributed by atoms with Gasteiger partial charge in [0.2, 0.25) is 5.91 Å². The van der Waals surface area contributed by atoms with E-state index in [-0.39, 0.29) is 17.4 Å². The Morgan fingerprint density at radius 1 is 1.07 bits per heavy atom. The van der Waals surface area contributed by atoms with Crippen LogP contribution < -0.4 is 0 Å². The number of carbonyl (C=O) groups is 1. The minimum atomic E-state index is -0.342. The Bertz CT molecular complexity index is 965. The predicted octanol–water partition coefficient (Wildman–Crippen LogP) is 3.65. The number of carbonyl (C=O) groups excluding carboxylic acids is 1. The summed E-state index contributed by atoms with van der Waals surface area (Å²) >= 11 is 0. The SMILES string of the molecule is O=C(N1CCCCC1c1nc(-c2ccncc2)n[nH]1)C1(c2ccccc2)CC1. The molecule has 1 aromatic carbocycles. The quantitative estimate of drug-likeness (QED) is 0.757. The summed E-state index contributed by atoms with van der Waals surface area (Å²) in [6.45, 7) is 0.781. The first-order chi connectivity index (χ1) is 13.8. The molecule has 2 fully saturated rings. The van der Waals surface area contributed by atoms with E-state index in [2.05, 4.69) is 27.3 Å². The van der Waals surface area contributed by atoms with Crippen molar-refractivity contribution in [2.75, 3.05) is 6.54 Å². The van der Waals surface area contributed by atoms with Crippen molar-refractivity contribution < 1.29 is 4.79 Å². The number of piperidine rings is 1. The number of nitrogens with zero attached hydrogens (tertiary/aromatic N) is 4. The average Bonchev–Trinajstić information content (AvgIpc) is 3.44. The molecule has 2 aliphatic rings. The Morgan fingerprint density at radius 3 is 2.61 bits per heavy atom. The van der Waals surface area contributed by atoms with Gasteiger partial charge in [-0.3, -0.25) is 14.9 Å². The van der Waals surface area contributed by atoms with Crippen LogP contribution in [0.2, 0.25) is 0 Å². The Morgan fingerprint density at radius 2 is 1.86 bits per heavy atom. The topological polar surface area (TPSA) is 74.8 Å². The molecule has 1 saturated heterocycles. The molecule has 1 atom stereocenters. The maximum atomic E-state index is 13.6. The number of nitrogens with one attached hydrogen (secondary N) is 1. The van der Waals surface area contributed by atoms with Crippen molar-refractivity contribution in [3.63, 3.8) is 0 Å². The first-order valence-corrected chi connectivity index (χ1v) is 9.97. The standard InChI is InChI=1S/C22H23N5O/c28-21(22(11-12-22)17-6-2-1-3-7-17)27-15-5-4-8-18(27)20-24-19(25-26-20)16-9-13-23-14-10-16/h1-3,6-7,9-10,13-14,18H,4-5,8,11-12,15H2,(H,24,25,26). The second kappa shape index (κ2) is 6.86. The first-order valence-electron chi connectivity index (χ1n) is 9.97. The number of H-pyrrole nitrogens is 1. The molecule has 28 heavy (non-hydrogen) atoms. The third-order valence-corrected chi connectivity index (χ3v) is 6.01. The van der Waals surface area contributed by atoms with Gasteiger partial charge in [-0.15, -0.1) is 0 Å². The van der Waals surface area contributed by atoms with E-state index in [0.717, 1.165) is 55.6 Å². The van der Waals surface area contributed by atoms with E-state index in [9.17, 15) is 4.79 Å². The molecular weight excluding hydrogens is 350 g/mol. The third kappa shape index (κ3) is 2.89. The normalized spacial score (nSPS) is 20.7. The van der Waals surface area contributed by atoms with Crippen LogP contribution in [0.3, 0.4) is 0 Å². The zero-order valence-corrected chi connectivity index (χ0v) is 15.7. The monoisotopic (exact) mass is 373 g/mol.